The van der Waals surface area contributed by atoms with E-state index in [1.165, 1.54) is 0 Å². The van der Waals surface area contributed by atoms with E-state index in [0.29, 0.717) is 24.4 Å². The minimum Gasteiger partial charge on any atom is -0.483 e. The highest BCUT2D eigenvalue weighted by molar-refractivity contribution is 5.94. The van der Waals surface area contributed by atoms with Crippen LogP contribution in [0.25, 0.3) is 17.1 Å². The number of ether oxygens (including phenoxy) is 1. The van der Waals surface area contributed by atoms with E-state index in [9.17, 15) is 4.79 Å². The van der Waals surface area contributed by atoms with Gasteiger partial charge >= 0.3 is 0 Å². The highest BCUT2D eigenvalue weighted by atomic mass is 16.5. The molecule has 0 saturated carbocycles. The van der Waals surface area contributed by atoms with Crippen LogP contribution in [0.1, 0.15) is 35.3 Å². The molecular formula is C23H21N3O2. The number of amides is 1. The SMILES string of the molecule is O=C(c1ccc2cccnc2n1)N1CCCC2(C=Cc3ccccc3O2)CC1. The highest BCUT2D eigenvalue weighted by Crippen LogP contribution is 2.37. The monoisotopic (exact) mass is 371 g/mol. The van der Waals surface area contributed by atoms with Crippen molar-refractivity contribution in [3.05, 3.63) is 72.1 Å². The fourth-order valence-corrected chi connectivity index (χ4v) is 4.04. The molecule has 1 fully saturated rings. The Balaban J connectivity index is 1.35. The molecule has 2 aromatic heterocycles. The third-order valence-electron chi connectivity index (χ3n) is 5.60. The first kappa shape index (κ1) is 16.9. The number of likely N-dealkylation sites (tertiary alicyclic amines) is 1. The zero-order valence-corrected chi connectivity index (χ0v) is 15.5. The number of hydrogen-bond donors (Lipinski definition) is 0. The first-order valence-electron chi connectivity index (χ1n) is 9.71. The van der Waals surface area contributed by atoms with E-state index in [1.807, 2.05) is 41.3 Å². The van der Waals surface area contributed by atoms with E-state index in [1.54, 1.807) is 12.3 Å². The molecule has 4 heterocycles. The number of hydrogen-bond acceptors (Lipinski definition) is 4. The lowest BCUT2D eigenvalue weighted by Gasteiger charge is -2.34. The third kappa shape index (κ3) is 3.03. The minimum atomic E-state index is -0.332. The molecule has 2 aliphatic rings. The molecule has 5 heteroatoms. The molecule has 0 radical (unpaired) electrons. The largest absolute Gasteiger partial charge is 0.483 e. The van der Waals surface area contributed by atoms with Crippen molar-refractivity contribution in [1.29, 1.82) is 0 Å². The van der Waals surface area contributed by atoms with Crippen LogP contribution in [0.3, 0.4) is 0 Å². The van der Waals surface area contributed by atoms with Gasteiger partial charge in [0.2, 0.25) is 0 Å². The molecule has 1 unspecified atom stereocenters. The molecular weight excluding hydrogens is 350 g/mol. The molecule has 1 aromatic carbocycles. The van der Waals surface area contributed by atoms with Crippen LogP contribution in [0.5, 0.6) is 5.75 Å². The van der Waals surface area contributed by atoms with Gasteiger partial charge in [-0.15, -0.1) is 0 Å². The molecule has 2 aliphatic heterocycles. The number of carbonyl (C=O) groups excluding carboxylic acids is 1. The Morgan fingerprint density at radius 1 is 1.04 bits per heavy atom. The van der Waals surface area contributed by atoms with Crippen LogP contribution < -0.4 is 4.74 Å². The first-order valence-corrected chi connectivity index (χ1v) is 9.71. The fraction of sp³-hybridized carbons (Fsp3) is 0.261. The number of benzene rings is 1. The smallest absolute Gasteiger partial charge is 0.272 e. The molecule has 28 heavy (non-hydrogen) atoms. The van der Waals surface area contributed by atoms with Crippen LogP contribution in [0, 0.1) is 0 Å². The van der Waals surface area contributed by atoms with Crippen molar-refractivity contribution in [3.63, 3.8) is 0 Å². The normalized spacial score (nSPS) is 21.2. The van der Waals surface area contributed by atoms with Gasteiger partial charge in [0.25, 0.3) is 5.91 Å². The maximum atomic E-state index is 13.0. The third-order valence-corrected chi connectivity index (χ3v) is 5.60. The lowest BCUT2D eigenvalue weighted by Crippen LogP contribution is -2.38. The van der Waals surface area contributed by atoms with Crippen LogP contribution in [-0.2, 0) is 0 Å². The van der Waals surface area contributed by atoms with Crippen molar-refractivity contribution in [2.45, 2.75) is 24.9 Å². The molecule has 140 valence electrons. The summed E-state index contributed by atoms with van der Waals surface area (Å²) in [6.07, 6.45) is 8.58. The number of rotatable bonds is 1. The van der Waals surface area contributed by atoms with Crippen molar-refractivity contribution < 1.29 is 9.53 Å². The van der Waals surface area contributed by atoms with E-state index < -0.39 is 0 Å². The molecule has 1 atom stereocenters. The number of nitrogens with zero attached hydrogens (tertiary/aromatic N) is 3. The molecule has 1 saturated heterocycles. The number of pyridine rings is 2. The van der Waals surface area contributed by atoms with Crippen LogP contribution in [0.15, 0.2) is 60.8 Å². The van der Waals surface area contributed by atoms with Crippen molar-refractivity contribution in [1.82, 2.24) is 14.9 Å². The maximum Gasteiger partial charge on any atom is 0.272 e. The molecule has 0 N–H and O–H groups in total. The van der Waals surface area contributed by atoms with Gasteiger partial charge in [-0.3, -0.25) is 4.79 Å². The van der Waals surface area contributed by atoms with Crippen LogP contribution in [-0.4, -0.2) is 39.5 Å². The van der Waals surface area contributed by atoms with Gasteiger partial charge in [-0.1, -0.05) is 24.3 Å². The lowest BCUT2D eigenvalue weighted by atomic mass is 9.91. The summed E-state index contributed by atoms with van der Waals surface area (Å²) < 4.78 is 6.38. The molecule has 3 aromatic rings. The fourth-order valence-electron chi connectivity index (χ4n) is 4.04. The summed E-state index contributed by atoms with van der Waals surface area (Å²) in [5, 5.41) is 0.938. The Bertz CT molecular complexity index is 1080. The molecule has 5 rings (SSSR count). The number of para-hydroxylation sites is 1. The zero-order valence-electron chi connectivity index (χ0n) is 15.5. The van der Waals surface area contributed by atoms with Crippen molar-refractivity contribution in [2.75, 3.05) is 13.1 Å². The Morgan fingerprint density at radius 3 is 2.93 bits per heavy atom. The highest BCUT2D eigenvalue weighted by Gasteiger charge is 2.36. The second-order valence-electron chi connectivity index (χ2n) is 7.43. The Kier molecular flexibility index (Phi) is 4.08. The summed E-state index contributed by atoms with van der Waals surface area (Å²) in [5.74, 6) is 0.886. The summed E-state index contributed by atoms with van der Waals surface area (Å²) in [7, 11) is 0. The van der Waals surface area contributed by atoms with Crippen molar-refractivity contribution in [2.24, 2.45) is 0 Å². The average Bonchev–Trinajstić information content (AvgIpc) is 2.95. The summed E-state index contributed by atoms with van der Waals surface area (Å²) in [4.78, 5) is 23.7. The predicted octanol–water partition coefficient (Wildman–Crippen LogP) is 4.10. The molecule has 1 amide bonds. The van der Waals surface area contributed by atoms with E-state index in [2.05, 4.69) is 28.2 Å². The maximum absolute atomic E-state index is 13.0. The van der Waals surface area contributed by atoms with Gasteiger partial charge in [-0.2, -0.15) is 0 Å². The van der Waals surface area contributed by atoms with E-state index in [0.717, 1.165) is 36.0 Å². The standard InChI is InChI=1S/C23H21N3O2/c27-22(19-9-8-18-6-3-14-24-21(18)25-19)26-15-4-11-23(13-16-26)12-10-17-5-1-2-7-20(17)28-23/h1-3,5-10,12,14H,4,11,13,15-16H2. The van der Waals surface area contributed by atoms with Crippen LogP contribution >= 0.6 is 0 Å². The zero-order chi connectivity index (χ0) is 19.0. The molecule has 5 nitrogen and oxygen atoms in total. The van der Waals surface area contributed by atoms with Gasteiger partial charge in [-0.05, 0) is 49.2 Å². The summed E-state index contributed by atoms with van der Waals surface area (Å²) in [6, 6.07) is 15.6. The van der Waals surface area contributed by atoms with Gasteiger partial charge in [0, 0.05) is 36.7 Å². The first-order chi connectivity index (χ1) is 13.7. The number of carbonyl (C=O) groups is 1. The van der Waals surface area contributed by atoms with Gasteiger partial charge in [0.15, 0.2) is 5.65 Å². The van der Waals surface area contributed by atoms with Crippen molar-refractivity contribution >= 4 is 23.0 Å². The molecule has 0 aliphatic carbocycles. The van der Waals surface area contributed by atoms with Gasteiger partial charge in [0.1, 0.15) is 17.0 Å². The Labute approximate surface area is 163 Å². The van der Waals surface area contributed by atoms with E-state index in [-0.39, 0.29) is 11.5 Å². The summed E-state index contributed by atoms with van der Waals surface area (Å²) in [5.41, 5.74) is 1.84. The second kappa shape index (κ2) is 6.75. The van der Waals surface area contributed by atoms with Gasteiger partial charge in [0.05, 0.1) is 0 Å². The van der Waals surface area contributed by atoms with Crippen LogP contribution in [0.2, 0.25) is 0 Å². The lowest BCUT2D eigenvalue weighted by molar-refractivity contribution is 0.0725. The molecule has 0 bridgehead atoms. The minimum absolute atomic E-state index is 0.0372. The van der Waals surface area contributed by atoms with Gasteiger partial charge < -0.3 is 9.64 Å². The number of aromatic nitrogens is 2. The average molecular weight is 371 g/mol. The van der Waals surface area contributed by atoms with E-state index >= 15 is 0 Å². The Hall–Kier alpha value is -3.21. The topological polar surface area (TPSA) is 55.3 Å². The van der Waals surface area contributed by atoms with E-state index in [4.69, 9.17) is 4.74 Å². The number of fused-ring (bicyclic) bond motifs is 2. The van der Waals surface area contributed by atoms with Crippen molar-refractivity contribution in [3.8, 4) is 5.75 Å². The summed E-state index contributed by atoms with van der Waals surface area (Å²) in [6.45, 7) is 1.36. The van der Waals surface area contributed by atoms with Crippen LogP contribution in [0.4, 0.5) is 0 Å². The van der Waals surface area contributed by atoms with Gasteiger partial charge in [-0.25, -0.2) is 9.97 Å². The quantitative estimate of drug-likeness (QED) is 0.646. The second-order valence-corrected chi connectivity index (χ2v) is 7.43. The Morgan fingerprint density at radius 2 is 1.96 bits per heavy atom. The molecule has 1 spiro atoms. The predicted molar refractivity (Wildman–Crippen MR) is 108 cm³/mol. The summed E-state index contributed by atoms with van der Waals surface area (Å²) >= 11 is 0.